The Morgan fingerprint density at radius 3 is 2.62 bits per heavy atom. The van der Waals surface area contributed by atoms with Gasteiger partial charge in [-0.25, -0.2) is 9.78 Å². The molecule has 0 N–H and O–H groups in total. The van der Waals surface area contributed by atoms with Crippen molar-refractivity contribution in [2.75, 3.05) is 6.61 Å². The highest BCUT2D eigenvalue weighted by molar-refractivity contribution is 5.90. The van der Waals surface area contributed by atoms with E-state index in [2.05, 4.69) is 4.98 Å². The van der Waals surface area contributed by atoms with Gasteiger partial charge in [0.05, 0.1) is 23.2 Å². The summed E-state index contributed by atoms with van der Waals surface area (Å²) in [6, 6.07) is 24.3. The molecule has 0 spiro atoms. The standard InChI is InChI=1S/C32H29NO6/c1-3-8-26-29(16-15-25-28(34)18-30(39-31(25)26)32(35)36-4-2)38-19-21-9-7-11-24(17-21)37-20-23-14-13-22-10-5-6-12-27(22)33-23/h5-7,9-18H,3-4,8,19-20H2,1-2H3. The Morgan fingerprint density at radius 2 is 1.77 bits per heavy atom. The van der Waals surface area contributed by atoms with Gasteiger partial charge in [0.25, 0.3) is 0 Å². The van der Waals surface area contributed by atoms with Crippen LogP contribution in [0.25, 0.3) is 21.9 Å². The van der Waals surface area contributed by atoms with Crippen molar-refractivity contribution in [3.63, 3.8) is 0 Å². The first kappa shape index (κ1) is 26.0. The molecule has 2 aromatic heterocycles. The number of carbonyl (C=O) groups is 1. The van der Waals surface area contributed by atoms with Crippen molar-refractivity contribution < 1.29 is 23.4 Å². The molecule has 0 amide bonds. The van der Waals surface area contributed by atoms with Crippen molar-refractivity contribution in [2.45, 2.75) is 39.9 Å². The number of pyridine rings is 1. The first-order valence-corrected chi connectivity index (χ1v) is 13.0. The molecule has 0 bridgehead atoms. The number of benzene rings is 3. The number of para-hydroxylation sites is 1. The van der Waals surface area contributed by atoms with Gasteiger partial charge in [0.1, 0.15) is 30.3 Å². The molecule has 5 aromatic rings. The third-order valence-corrected chi connectivity index (χ3v) is 6.27. The summed E-state index contributed by atoms with van der Waals surface area (Å²) in [5, 5.41) is 1.49. The van der Waals surface area contributed by atoms with Crippen LogP contribution in [0.1, 0.15) is 47.6 Å². The molecule has 0 radical (unpaired) electrons. The second-order valence-electron chi connectivity index (χ2n) is 9.08. The lowest BCUT2D eigenvalue weighted by Crippen LogP contribution is -2.11. The van der Waals surface area contributed by atoms with Gasteiger partial charge >= 0.3 is 5.97 Å². The van der Waals surface area contributed by atoms with E-state index < -0.39 is 5.97 Å². The van der Waals surface area contributed by atoms with Gasteiger partial charge in [0, 0.05) is 17.0 Å². The Labute approximate surface area is 226 Å². The number of hydrogen-bond acceptors (Lipinski definition) is 7. The largest absolute Gasteiger partial charge is 0.488 e. The van der Waals surface area contributed by atoms with Crippen LogP contribution in [0.4, 0.5) is 0 Å². The quantitative estimate of drug-likeness (QED) is 0.190. The smallest absolute Gasteiger partial charge is 0.374 e. The Morgan fingerprint density at radius 1 is 0.897 bits per heavy atom. The first-order chi connectivity index (χ1) is 19.1. The highest BCUT2D eigenvalue weighted by atomic mass is 16.5. The van der Waals surface area contributed by atoms with Crippen molar-refractivity contribution in [3.05, 3.63) is 112 Å². The summed E-state index contributed by atoms with van der Waals surface area (Å²) in [4.78, 5) is 29.6. The lowest BCUT2D eigenvalue weighted by molar-refractivity contribution is 0.0490. The molecule has 0 aliphatic carbocycles. The summed E-state index contributed by atoms with van der Waals surface area (Å²) in [5.74, 6) is 0.527. The number of aryl methyl sites for hydroxylation is 1. The molecule has 0 fully saturated rings. The predicted molar refractivity (Wildman–Crippen MR) is 149 cm³/mol. The van der Waals surface area contributed by atoms with Gasteiger partial charge in [0.15, 0.2) is 5.43 Å². The number of ether oxygens (including phenoxy) is 3. The predicted octanol–water partition coefficient (Wildman–Crippen LogP) is 6.63. The molecule has 0 aliphatic heterocycles. The molecule has 0 aliphatic rings. The Bertz CT molecular complexity index is 1690. The zero-order valence-electron chi connectivity index (χ0n) is 21.9. The Kier molecular flexibility index (Phi) is 7.87. The van der Waals surface area contributed by atoms with Gasteiger partial charge in [-0.15, -0.1) is 0 Å². The van der Waals surface area contributed by atoms with Gasteiger partial charge < -0.3 is 18.6 Å². The fourth-order valence-corrected chi connectivity index (χ4v) is 4.41. The van der Waals surface area contributed by atoms with Crippen LogP contribution < -0.4 is 14.9 Å². The van der Waals surface area contributed by atoms with Crippen LogP contribution in [-0.4, -0.2) is 17.6 Å². The van der Waals surface area contributed by atoms with Crippen molar-refractivity contribution in [1.82, 2.24) is 4.98 Å². The topological polar surface area (TPSA) is 87.9 Å². The van der Waals surface area contributed by atoms with Crippen LogP contribution in [0.5, 0.6) is 11.5 Å². The van der Waals surface area contributed by atoms with E-state index in [1.165, 1.54) is 6.07 Å². The molecule has 198 valence electrons. The van der Waals surface area contributed by atoms with Crippen molar-refractivity contribution in [3.8, 4) is 11.5 Å². The second-order valence-corrected chi connectivity index (χ2v) is 9.08. The maximum absolute atomic E-state index is 12.7. The third kappa shape index (κ3) is 5.93. The van der Waals surface area contributed by atoms with Gasteiger partial charge in [-0.3, -0.25) is 4.79 Å². The van der Waals surface area contributed by atoms with E-state index in [-0.39, 0.29) is 24.4 Å². The molecule has 0 atom stereocenters. The maximum Gasteiger partial charge on any atom is 0.374 e. The normalized spacial score (nSPS) is 11.0. The Balaban J connectivity index is 1.33. The van der Waals surface area contributed by atoms with Crippen molar-refractivity contribution >= 4 is 27.8 Å². The number of aromatic nitrogens is 1. The minimum Gasteiger partial charge on any atom is -0.488 e. The van der Waals surface area contributed by atoms with Crippen molar-refractivity contribution in [2.24, 2.45) is 0 Å². The maximum atomic E-state index is 12.7. The highest BCUT2D eigenvalue weighted by Gasteiger charge is 2.18. The molecule has 0 saturated carbocycles. The summed E-state index contributed by atoms with van der Waals surface area (Å²) in [6.45, 7) is 4.55. The van der Waals surface area contributed by atoms with Crippen LogP contribution >= 0.6 is 0 Å². The molecule has 7 heteroatoms. The molecule has 0 saturated heterocycles. The molecule has 5 rings (SSSR count). The Hall–Kier alpha value is -4.65. The zero-order chi connectivity index (χ0) is 27.2. The fraction of sp³-hybridized carbons (Fsp3) is 0.219. The van der Waals surface area contributed by atoms with Gasteiger partial charge in [-0.2, -0.15) is 0 Å². The third-order valence-electron chi connectivity index (χ3n) is 6.27. The zero-order valence-corrected chi connectivity index (χ0v) is 21.9. The van der Waals surface area contributed by atoms with Gasteiger partial charge in [-0.1, -0.05) is 49.7 Å². The van der Waals surface area contributed by atoms with Crippen LogP contribution in [0.2, 0.25) is 0 Å². The van der Waals surface area contributed by atoms with E-state index in [1.54, 1.807) is 19.1 Å². The summed E-state index contributed by atoms with van der Waals surface area (Å²) < 4.78 is 23.1. The molecule has 0 unspecified atom stereocenters. The number of carbonyl (C=O) groups excluding carboxylic acids is 1. The van der Waals surface area contributed by atoms with E-state index in [4.69, 9.17) is 18.6 Å². The summed E-state index contributed by atoms with van der Waals surface area (Å²) >= 11 is 0. The monoisotopic (exact) mass is 523 g/mol. The van der Waals surface area contributed by atoms with E-state index in [9.17, 15) is 9.59 Å². The summed E-state index contributed by atoms with van der Waals surface area (Å²) in [7, 11) is 0. The van der Waals surface area contributed by atoms with E-state index in [1.807, 2.05) is 67.6 Å². The van der Waals surface area contributed by atoms with E-state index in [0.29, 0.717) is 35.5 Å². The average Bonchev–Trinajstić information content (AvgIpc) is 2.96. The second kappa shape index (κ2) is 11.8. The molecular weight excluding hydrogens is 494 g/mol. The lowest BCUT2D eigenvalue weighted by Gasteiger charge is -2.14. The minimum absolute atomic E-state index is 0.116. The number of rotatable bonds is 10. The fourth-order valence-electron chi connectivity index (χ4n) is 4.41. The summed E-state index contributed by atoms with van der Waals surface area (Å²) in [6.07, 6.45) is 1.42. The van der Waals surface area contributed by atoms with Crippen LogP contribution in [0, 0.1) is 0 Å². The molecule has 39 heavy (non-hydrogen) atoms. The lowest BCUT2D eigenvalue weighted by atomic mass is 10.0. The number of esters is 1. The number of nitrogens with zero attached hydrogens (tertiary/aromatic N) is 1. The molecular formula is C32H29NO6. The number of fused-ring (bicyclic) bond motifs is 2. The van der Waals surface area contributed by atoms with Gasteiger partial charge in [0.2, 0.25) is 5.76 Å². The molecule has 3 aromatic carbocycles. The molecule has 2 heterocycles. The van der Waals surface area contributed by atoms with Crippen LogP contribution in [0.15, 0.2) is 88.1 Å². The van der Waals surface area contributed by atoms with Gasteiger partial charge in [-0.05, 0) is 55.3 Å². The number of hydrogen-bond donors (Lipinski definition) is 0. The SMILES string of the molecule is CCCc1c(OCc2cccc(OCc3ccc4ccccc4n3)c2)ccc2c(=O)cc(C(=O)OCC)oc12. The minimum atomic E-state index is -0.666. The molecule has 7 nitrogen and oxygen atoms in total. The van der Waals surface area contributed by atoms with E-state index >= 15 is 0 Å². The van der Waals surface area contributed by atoms with Crippen LogP contribution in [-0.2, 0) is 24.4 Å². The highest BCUT2D eigenvalue weighted by Crippen LogP contribution is 2.30. The van der Waals surface area contributed by atoms with Crippen LogP contribution in [0.3, 0.4) is 0 Å². The average molecular weight is 524 g/mol. The first-order valence-electron chi connectivity index (χ1n) is 13.0. The van der Waals surface area contributed by atoms with E-state index in [0.717, 1.165) is 34.1 Å². The van der Waals surface area contributed by atoms with Crippen molar-refractivity contribution in [1.29, 1.82) is 0 Å². The summed E-state index contributed by atoms with van der Waals surface area (Å²) in [5.41, 5.74) is 3.50.